The molecule has 0 saturated carbocycles. The first kappa shape index (κ1) is 18.8. The molecule has 6 nitrogen and oxygen atoms in total. The molecule has 28 heavy (non-hydrogen) atoms. The average Bonchev–Trinajstić information content (AvgIpc) is 3.39. The number of amides is 2. The predicted molar refractivity (Wildman–Crippen MR) is 110 cm³/mol. The summed E-state index contributed by atoms with van der Waals surface area (Å²) >= 11 is 1.52. The van der Waals surface area contributed by atoms with Crippen LogP contribution >= 0.6 is 11.3 Å². The molecule has 1 aromatic carbocycles. The Morgan fingerprint density at radius 1 is 1.21 bits per heavy atom. The Hall–Kier alpha value is -2.54. The highest BCUT2D eigenvalue weighted by Gasteiger charge is 2.33. The number of nitrogens with one attached hydrogen (secondary N) is 1. The normalized spacial score (nSPS) is 19.4. The van der Waals surface area contributed by atoms with Crippen LogP contribution in [0, 0.1) is 6.92 Å². The average molecular weight is 397 g/mol. The molecule has 2 aromatic rings. The van der Waals surface area contributed by atoms with E-state index in [-0.39, 0.29) is 11.8 Å². The highest BCUT2D eigenvalue weighted by Crippen LogP contribution is 2.28. The van der Waals surface area contributed by atoms with Crippen LogP contribution in [0.25, 0.3) is 10.6 Å². The van der Waals surface area contributed by atoms with E-state index in [1.54, 1.807) is 4.90 Å². The van der Waals surface area contributed by atoms with Crippen molar-refractivity contribution in [2.24, 2.45) is 0 Å². The SMILES string of the molecule is Cc1nnc(-c2cccc(NC(=O)[C@@H]3CCCCN3C(=O)C3=CCCC3)c2)s1. The van der Waals surface area contributed by atoms with Gasteiger partial charge in [-0.3, -0.25) is 9.59 Å². The van der Waals surface area contributed by atoms with E-state index in [4.69, 9.17) is 0 Å². The third kappa shape index (κ3) is 3.99. The summed E-state index contributed by atoms with van der Waals surface area (Å²) in [4.78, 5) is 27.6. The van der Waals surface area contributed by atoms with Crippen molar-refractivity contribution < 1.29 is 9.59 Å². The van der Waals surface area contributed by atoms with E-state index >= 15 is 0 Å². The molecule has 1 saturated heterocycles. The fourth-order valence-electron chi connectivity index (χ4n) is 3.87. The van der Waals surface area contributed by atoms with Gasteiger partial charge in [-0.05, 0) is 57.6 Å². The molecule has 7 heteroatoms. The van der Waals surface area contributed by atoms with Gasteiger partial charge in [-0.1, -0.05) is 29.5 Å². The monoisotopic (exact) mass is 396 g/mol. The van der Waals surface area contributed by atoms with E-state index in [0.29, 0.717) is 18.7 Å². The van der Waals surface area contributed by atoms with Crippen LogP contribution in [-0.2, 0) is 9.59 Å². The quantitative estimate of drug-likeness (QED) is 0.849. The van der Waals surface area contributed by atoms with Crippen molar-refractivity contribution in [3.8, 4) is 10.6 Å². The molecule has 1 N–H and O–H groups in total. The lowest BCUT2D eigenvalue weighted by Crippen LogP contribution is -2.50. The fourth-order valence-corrected chi connectivity index (χ4v) is 4.55. The molecule has 4 rings (SSSR count). The minimum atomic E-state index is -0.407. The van der Waals surface area contributed by atoms with Crippen LogP contribution in [0.1, 0.15) is 43.5 Å². The standard InChI is InChI=1S/C21H24N4O2S/c1-14-23-24-20(28-14)16-9-6-10-17(13-16)22-19(26)18-11-4-5-12-25(18)21(27)15-7-2-3-8-15/h6-7,9-10,13,18H,2-5,8,11-12H2,1H3,(H,22,26)/t18-/m0/s1. The zero-order chi connectivity index (χ0) is 19.5. The summed E-state index contributed by atoms with van der Waals surface area (Å²) in [5, 5.41) is 13.0. The van der Waals surface area contributed by atoms with Gasteiger partial charge >= 0.3 is 0 Å². The zero-order valence-electron chi connectivity index (χ0n) is 16.0. The van der Waals surface area contributed by atoms with Crippen molar-refractivity contribution in [2.45, 2.75) is 51.5 Å². The number of carbonyl (C=O) groups is 2. The number of hydrogen-bond donors (Lipinski definition) is 1. The molecule has 0 spiro atoms. The van der Waals surface area contributed by atoms with Crippen molar-refractivity contribution in [3.63, 3.8) is 0 Å². The number of aryl methyl sites for hydroxylation is 1. The first-order chi connectivity index (χ1) is 13.6. The fraction of sp³-hybridized carbons (Fsp3) is 0.429. The lowest BCUT2D eigenvalue weighted by molar-refractivity contribution is -0.137. The van der Waals surface area contributed by atoms with Gasteiger partial charge in [-0.2, -0.15) is 0 Å². The summed E-state index contributed by atoms with van der Waals surface area (Å²) in [5.41, 5.74) is 2.51. The molecule has 0 radical (unpaired) electrons. The van der Waals surface area contributed by atoms with Gasteiger partial charge in [0.1, 0.15) is 16.1 Å². The van der Waals surface area contributed by atoms with E-state index in [1.807, 2.05) is 37.3 Å². The van der Waals surface area contributed by atoms with E-state index in [0.717, 1.165) is 53.3 Å². The smallest absolute Gasteiger partial charge is 0.250 e. The van der Waals surface area contributed by atoms with Gasteiger partial charge in [0.15, 0.2) is 0 Å². The number of hydrogen-bond acceptors (Lipinski definition) is 5. The van der Waals surface area contributed by atoms with Gasteiger partial charge in [-0.25, -0.2) is 0 Å². The Bertz CT molecular complexity index is 921. The number of carbonyl (C=O) groups excluding carboxylic acids is 2. The maximum atomic E-state index is 13.0. The van der Waals surface area contributed by atoms with Gasteiger partial charge in [0.2, 0.25) is 11.8 Å². The minimum absolute atomic E-state index is 0.0374. The summed E-state index contributed by atoms with van der Waals surface area (Å²) < 4.78 is 0. The van der Waals surface area contributed by atoms with Crippen molar-refractivity contribution in [1.82, 2.24) is 15.1 Å². The Balaban J connectivity index is 1.49. The maximum absolute atomic E-state index is 13.0. The van der Waals surface area contributed by atoms with Crippen molar-refractivity contribution >= 4 is 28.8 Å². The largest absolute Gasteiger partial charge is 0.327 e. The molecule has 1 aliphatic heterocycles. The molecule has 2 heterocycles. The van der Waals surface area contributed by atoms with Crippen LogP contribution in [-0.4, -0.2) is 39.5 Å². The van der Waals surface area contributed by atoms with Gasteiger partial charge in [0.25, 0.3) is 0 Å². The molecule has 1 atom stereocenters. The molecule has 1 fully saturated rings. The summed E-state index contributed by atoms with van der Waals surface area (Å²) in [6, 6.07) is 7.22. The Morgan fingerprint density at radius 2 is 2.11 bits per heavy atom. The zero-order valence-corrected chi connectivity index (χ0v) is 16.8. The second kappa shape index (κ2) is 8.22. The number of rotatable bonds is 4. The summed E-state index contributed by atoms with van der Waals surface area (Å²) in [6.45, 7) is 2.57. The van der Waals surface area contributed by atoms with Crippen LogP contribution in [0.5, 0.6) is 0 Å². The van der Waals surface area contributed by atoms with Gasteiger partial charge in [0, 0.05) is 23.4 Å². The second-order valence-corrected chi connectivity index (χ2v) is 8.51. The topological polar surface area (TPSA) is 75.2 Å². The summed E-state index contributed by atoms with van der Waals surface area (Å²) in [7, 11) is 0. The van der Waals surface area contributed by atoms with Crippen LogP contribution in [0.15, 0.2) is 35.9 Å². The lowest BCUT2D eigenvalue weighted by Gasteiger charge is -2.35. The Labute approximate surface area is 168 Å². The van der Waals surface area contributed by atoms with E-state index in [9.17, 15) is 9.59 Å². The number of likely N-dealkylation sites (tertiary alicyclic amines) is 1. The molecular weight excluding hydrogens is 372 g/mol. The van der Waals surface area contributed by atoms with Crippen LogP contribution in [0.4, 0.5) is 5.69 Å². The van der Waals surface area contributed by atoms with E-state index in [2.05, 4.69) is 15.5 Å². The lowest BCUT2D eigenvalue weighted by atomic mass is 9.99. The molecule has 146 valence electrons. The van der Waals surface area contributed by atoms with Crippen LogP contribution in [0.3, 0.4) is 0 Å². The van der Waals surface area contributed by atoms with Crippen LogP contribution < -0.4 is 5.32 Å². The Kier molecular flexibility index (Phi) is 5.52. The number of aromatic nitrogens is 2. The molecule has 1 aliphatic carbocycles. The highest BCUT2D eigenvalue weighted by molar-refractivity contribution is 7.14. The predicted octanol–water partition coefficient (Wildman–Crippen LogP) is 3.94. The van der Waals surface area contributed by atoms with Crippen LogP contribution in [0.2, 0.25) is 0 Å². The number of benzene rings is 1. The molecule has 0 unspecified atom stereocenters. The second-order valence-electron chi connectivity index (χ2n) is 7.33. The Morgan fingerprint density at radius 3 is 2.86 bits per heavy atom. The number of piperidine rings is 1. The van der Waals surface area contributed by atoms with Gasteiger partial charge < -0.3 is 10.2 Å². The molecule has 1 aromatic heterocycles. The van der Waals surface area contributed by atoms with Gasteiger partial charge in [0.05, 0.1) is 0 Å². The third-order valence-electron chi connectivity index (χ3n) is 5.29. The van der Waals surface area contributed by atoms with E-state index < -0.39 is 6.04 Å². The highest BCUT2D eigenvalue weighted by atomic mass is 32.1. The van der Waals surface area contributed by atoms with Crippen molar-refractivity contribution in [3.05, 3.63) is 40.9 Å². The number of allylic oxidation sites excluding steroid dienone is 1. The molecule has 0 bridgehead atoms. The number of nitrogens with zero attached hydrogens (tertiary/aromatic N) is 3. The summed E-state index contributed by atoms with van der Waals surface area (Å²) in [5.74, 6) is -0.0762. The van der Waals surface area contributed by atoms with Crippen molar-refractivity contribution in [1.29, 1.82) is 0 Å². The van der Waals surface area contributed by atoms with Gasteiger partial charge in [-0.15, -0.1) is 10.2 Å². The molecular formula is C21H24N4O2S. The van der Waals surface area contributed by atoms with Crippen molar-refractivity contribution in [2.75, 3.05) is 11.9 Å². The first-order valence-electron chi connectivity index (χ1n) is 9.83. The van der Waals surface area contributed by atoms with E-state index in [1.165, 1.54) is 11.3 Å². The minimum Gasteiger partial charge on any atom is -0.327 e. The molecule has 2 amide bonds. The summed E-state index contributed by atoms with van der Waals surface area (Å²) in [6.07, 6.45) is 7.47. The first-order valence-corrected chi connectivity index (χ1v) is 10.6. The third-order valence-corrected chi connectivity index (χ3v) is 6.17. The maximum Gasteiger partial charge on any atom is 0.250 e. The number of anilines is 1. The molecule has 2 aliphatic rings.